The van der Waals surface area contributed by atoms with Gasteiger partial charge in [0.25, 0.3) is 0 Å². The zero-order valence-electron chi connectivity index (χ0n) is 14.7. The van der Waals surface area contributed by atoms with Gasteiger partial charge in [0.1, 0.15) is 5.75 Å². The molecule has 0 bridgehead atoms. The van der Waals surface area contributed by atoms with Gasteiger partial charge in [0.2, 0.25) is 5.91 Å². The predicted octanol–water partition coefficient (Wildman–Crippen LogP) is 3.56. The van der Waals surface area contributed by atoms with Crippen molar-refractivity contribution >= 4 is 5.91 Å². The van der Waals surface area contributed by atoms with E-state index in [2.05, 4.69) is 10.4 Å². The summed E-state index contributed by atoms with van der Waals surface area (Å²) in [6.07, 6.45) is 9.44. The average Bonchev–Trinajstić information content (AvgIpc) is 3.32. The first kappa shape index (κ1) is 16.2. The fourth-order valence-corrected chi connectivity index (χ4v) is 4.13. The molecule has 2 aliphatic carbocycles. The van der Waals surface area contributed by atoms with Crippen LogP contribution in [0.1, 0.15) is 55.8 Å². The van der Waals surface area contributed by atoms with Crippen LogP contribution < -0.4 is 10.1 Å². The predicted molar refractivity (Wildman–Crippen MR) is 95.9 cm³/mol. The molecule has 4 rings (SSSR count). The highest BCUT2D eigenvalue weighted by molar-refractivity contribution is 5.79. The molecule has 0 unspecified atom stereocenters. The van der Waals surface area contributed by atoms with Crippen molar-refractivity contribution in [1.82, 2.24) is 15.1 Å². The molecule has 1 N–H and O–H groups in total. The molecule has 1 fully saturated rings. The van der Waals surface area contributed by atoms with Crippen LogP contribution in [0.3, 0.4) is 0 Å². The van der Waals surface area contributed by atoms with Crippen LogP contribution >= 0.6 is 0 Å². The van der Waals surface area contributed by atoms with Crippen molar-refractivity contribution in [2.24, 2.45) is 5.92 Å². The monoisotopic (exact) mass is 339 g/mol. The minimum Gasteiger partial charge on any atom is -0.497 e. The molecule has 1 aromatic heterocycles. The summed E-state index contributed by atoms with van der Waals surface area (Å²) in [5.41, 5.74) is 3.42. The lowest BCUT2D eigenvalue weighted by atomic mass is 9.92. The van der Waals surface area contributed by atoms with Gasteiger partial charge in [-0.2, -0.15) is 5.10 Å². The highest BCUT2D eigenvalue weighted by Gasteiger charge is 2.29. The zero-order valence-corrected chi connectivity index (χ0v) is 14.7. The Kier molecular flexibility index (Phi) is 4.47. The number of methoxy groups -OCH3 is 1. The Morgan fingerprint density at radius 3 is 2.64 bits per heavy atom. The van der Waals surface area contributed by atoms with E-state index < -0.39 is 0 Å². The standard InChI is InChI=1S/C20H25N3O2/c1-25-16-11-9-15(10-12-16)23-19-8-4-7-18(17(19)13-21-23)22-20(24)14-5-2-3-6-14/h9-14,18H,2-8H2,1H3,(H,22,24)/t18-/m1/s1. The third kappa shape index (κ3) is 3.15. The van der Waals surface area contributed by atoms with Crippen LogP contribution in [0.5, 0.6) is 5.75 Å². The van der Waals surface area contributed by atoms with Crippen molar-refractivity contribution in [2.45, 2.75) is 51.0 Å². The minimum absolute atomic E-state index is 0.101. The van der Waals surface area contributed by atoms with E-state index in [0.29, 0.717) is 0 Å². The van der Waals surface area contributed by atoms with Crippen LogP contribution in [0.2, 0.25) is 0 Å². The molecule has 2 aliphatic rings. The maximum atomic E-state index is 12.5. The van der Waals surface area contributed by atoms with Gasteiger partial charge >= 0.3 is 0 Å². The van der Waals surface area contributed by atoms with Crippen molar-refractivity contribution in [1.29, 1.82) is 0 Å². The lowest BCUT2D eigenvalue weighted by Gasteiger charge is -2.25. The SMILES string of the molecule is COc1ccc(-n2ncc3c2CCC[C@H]3NC(=O)C2CCCC2)cc1. The second kappa shape index (κ2) is 6.90. The maximum absolute atomic E-state index is 12.5. The van der Waals surface area contributed by atoms with Crippen LogP contribution in [-0.4, -0.2) is 22.8 Å². The van der Waals surface area contributed by atoms with Crippen LogP contribution in [0, 0.1) is 5.92 Å². The Bertz CT molecular complexity index is 745. The molecule has 5 nitrogen and oxygen atoms in total. The van der Waals surface area contributed by atoms with E-state index in [-0.39, 0.29) is 17.9 Å². The molecule has 1 amide bonds. The second-order valence-corrected chi connectivity index (χ2v) is 7.09. The van der Waals surface area contributed by atoms with E-state index in [4.69, 9.17) is 4.74 Å². The van der Waals surface area contributed by atoms with Gasteiger partial charge in [-0.05, 0) is 56.4 Å². The summed E-state index contributed by atoms with van der Waals surface area (Å²) in [6.45, 7) is 0. The lowest BCUT2D eigenvalue weighted by Crippen LogP contribution is -2.34. The number of rotatable bonds is 4. The zero-order chi connectivity index (χ0) is 17.2. The number of carbonyl (C=O) groups excluding carboxylic acids is 1. The summed E-state index contributed by atoms with van der Waals surface area (Å²) in [5.74, 6) is 1.28. The van der Waals surface area contributed by atoms with E-state index in [9.17, 15) is 4.79 Å². The van der Waals surface area contributed by atoms with E-state index in [1.165, 1.54) is 24.1 Å². The summed E-state index contributed by atoms with van der Waals surface area (Å²) in [4.78, 5) is 12.5. The molecule has 0 aliphatic heterocycles. The third-order valence-corrected chi connectivity index (χ3v) is 5.54. The number of aromatic nitrogens is 2. The molecule has 1 aromatic carbocycles. The van der Waals surface area contributed by atoms with Crippen LogP contribution in [0.25, 0.3) is 5.69 Å². The summed E-state index contributed by atoms with van der Waals surface area (Å²) in [7, 11) is 1.67. The van der Waals surface area contributed by atoms with E-state index in [1.807, 2.05) is 35.1 Å². The summed E-state index contributed by atoms with van der Waals surface area (Å²) in [6, 6.07) is 8.04. The van der Waals surface area contributed by atoms with Crippen LogP contribution in [0.4, 0.5) is 0 Å². The summed E-state index contributed by atoms with van der Waals surface area (Å²) < 4.78 is 7.23. The minimum atomic E-state index is 0.101. The Hall–Kier alpha value is -2.30. The van der Waals surface area contributed by atoms with Gasteiger partial charge in [0.15, 0.2) is 0 Å². The third-order valence-electron chi connectivity index (χ3n) is 5.54. The first-order valence-corrected chi connectivity index (χ1v) is 9.28. The average molecular weight is 339 g/mol. The van der Waals surface area contributed by atoms with Gasteiger partial charge in [-0.15, -0.1) is 0 Å². The van der Waals surface area contributed by atoms with Crippen LogP contribution in [0.15, 0.2) is 30.5 Å². The quantitative estimate of drug-likeness (QED) is 0.926. The number of carbonyl (C=O) groups is 1. The molecule has 0 spiro atoms. The molecule has 1 atom stereocenters. The fraction of sp³-hybridized carbons (Fsp3) is 0.500. The molecular weight excluding hydrogens is 314 g/mol. The van der Waals surface area contributed by atoms with Gasteiger partial charge in [-0.25, -0.2) is 4.68 Å². The van der Waals surface area contributed by atoms with Gasteiger partial charge < -0.3 is 10.1 Å². The van der Waals surface area contributed by atoms with E-state index in [1.54, 1.807) is 7.11 Å². The molecule has 2 aromatic rings. The van der Waals surface area contributed by atoms with Gasteiger partial charge in [-0.3, -0.25) is 4.79 Å². The topological polar surface area (TPSA) is 56.1 Å². The van der Waals surface area contributed by atoms with Gasteiger partial charge in [0.05, 0.1) is 25.0 Å². The number of amides is 1. The van der Waals surface area contributed by atoms with Crippen molar-refractivity contribution in [3.63, 3.8) is 0 Å². The number of hydrogen-bond donors (Lipinski definition) is 1. The number of hydrogen-bond acceptors (Lipinski definition) is 3. The summed E-state index contributed by atoms with van der Waals surface area (Å²) in [5, 5.41) is 7.89. The Balaban J connectivity index is 1.56. The fourth-order valence-electron chi connectivity index (χ4n) is 4.13. The van der Waals surface area contributed by atoms with Crippen molar-refractivity contribution in [3.05, 3.63) is 41.7 Å². The molecule has 0 radical (unpaired) electrons. The molecule has 5 heteroatoms. The van der Waals surface area contributed by atoms with E-state index >= 15 is 0 Å². The Labute approximate surface area is 148 Å². The van der Waals surface area contributed by atoms with Crippen molar-refractivity contribution < 1.29 is 9.53 Å². The first-order chi connectivity index (χ1) is 12.3. The smallest absolute Gasteiger partial charge is 0.223 e. The normalized spacial score (nSPS) is 20.3. The number of benzene rings is 1. The van der Waals surface area contributed by atoms with E-state index in [0.717, 1.165) is 43.5 Å². The highest BCUT2D eigenvalue weighted by Crippen LogP contribution is 2.33. The van der Waals surface area contributed by atoms with Gasteiger partial charge in [0, 0.05) is 17.2 Å². The van der Waals surface area contributed by atoms with Crippen LogP contribution in [-0.2, 0) is 11.2 Å². The Morgan fingerprint density at radius 1 is 1.16 bits per heavy atom. The molecular formula is C20H25N3O2. The molecule has 132 valence electrons. The summed E-state index contributed by atoms with van der Waals surface area (Å²) >= 11 is 0. The lowest BCUT2D eigenvalue weighted by molar-refractivity contribution is -0.125. The van der Waals surface area contributed by atoms with Crippen molar-refractivity contribution in [2.75, 3.05) is 7.11 Å². The maximum Gasteiger partial charge on any atom is 0.223 e. The van der Waals surface area contributed by atoms with Crippen molar-refractivity contribution in [3.8, 4) is 11.4 Å². The molecule has 0 saturated heterocycles. The Morgan fingerprint density at radius 2 is 1.92 bits per heavy atom. The molecule has 1 saturated carbocycles. The number of nitrogens with one attached hydrogen (secondary N) is 1. The number of ether oxygens (including phenoxy) is 1. The molecule has 1 heterocycles. The largest absolute Gasteiger partial charge is 0.497 e. The highest BCUT2D eigenvalue weighted by atomic mass is 16.5. The number of fused-ring (bicyclic) bond motifs is 1. The van der Waals surface area contributed by atoms with Gasteiger partial charge in [-0.1, -0.05) is 12.8 Å². The number of nitrogens with zero attached hydrogens (tertiary/aromatic N) is 2. The first-order valence-electron chi connectivity index (χ1n) is 9.28. The molecule has 25 heavy (non-hydrogen) atoms. The second-order valence-electron chi connectivity index (χ2n) is 7.09.